The summed E-state index contributed by atoms with van der Waals surface area (Å²) in [6.07, 6.45) is 3.23. The van der Waals surface area contributed by atoms with Gasteiger partial charge in [-0.15, -0.1) is 0 Å². The highest BCUT2D eigenvalue weighted by molar-refractivity contribution is 5.81. The van der Waals surface area contributed by atoms with Crippen molar-refractivity contribution < 1.29 is 19.1 Å². The van der Waals surface area contributed by atoms with Crippen LogP contribution in [-0.2, 0) is 20.9 Å². The molecular weight excluding hydrogens is 380 g/mol. The van der Waals surface area contributed by atoms with E-state index in [-0.39, 0.29) is 6.61 Å². The lowest BCUT2D eigenvalue weighted by Crippen LogP contribution is -2.44. The summed E-state index contributed by atoms with van der Waals surface area (Å²) in [4.78, 5) is 26.6. The third kappa shape index (κ3) is 11.2. The summed E-state index contributed by atoms with van der Waals surface area (Å²) in [6, 6.07) is 8.79. The van der Waals surface area contributed by atoms with E-state index in [1.165, 1.54) is 7.11 Å². The van der Waals surface area contributed by atoms with E-state index in [1.807, 2.05) is 58.0 Å². The SMILES string of the molecule is CC.CC.CCCN1CCC(CC(NC(=O)OCc2ccccc2)C(=O)OC)CC1. The molecule has 1 heterocycles. The van der Waals surface area contributed by atoms with Crippen LogP contribution in [0.1, 0.15) is 65.9 Å². The first-order valence-corrected chi connectivity index (χ1v) is 11.4. The maximum absolute atomic E-state index is 12.1. The molecule has 0 radical (unpaired) electrons. The highest BCUT2D eigenvalue weighted by atomic mass is 16.6. The van der Waals surface area contributed by atoms with Crippen molar-refractivity contribution >= 4 is 12.1 Å². The van der Waals surface area contributed by atoms with Gasteiger partial charge in [0.2, 0.25) is 0 Å². The molecule has 1 aromatic rings. The second-order valence-electron chi connectivity index (χ2n) is 6.80. The Morgan fingerprint density at radius 1 is 1.10 bits per heavy atom. The van der Waals surface area contributed by atoms with Crippen LogP contribution in [0, 0.1) is 5.92 Å². The van der Waals surface area contributed by atoms with Gasteiger partial charge in [-0.2, -0.15) is 0 Å². The van der Waals surface area contributed by atoms with Crippen LogP contribution in [0.2, 0.25) is 0 Å². The largest absolute Gasteiger partial charge is 0.467 e. The Morgan fingerprint density at radius 3 is 2.23 bits per heavy atom. The molecule has 2 rings (SSSR count). The first-order chi connectivity index (χ1) is 14.6. The molecule has 0 bridgehead atoms. The molecule has 0 spiro atoms. The fraction of sp³-hybridized carbons (Fsp3) is 0.667. The number of hydrogen-bond donors (Lipinski definition) is 1. The smallest absolute Gasteiger partial charge is 0.408 e. The van der Waals surface area contributed by atoms with Crippen molar-refractivity contribution in [2.75, 3.05) is 26.7 Å². The molecule has 1 saturated heterocycles. The van der Waals surface area contributed by atoms with E-state index >= 15 is 0 Å². The van der Waals surface area contributed by atoms with Crippen LogP contribution in [-0.4, -0.2) is 49.7 Å². The third-order valence-corrected chi connectivity index (χ3v) is 4.81. The number of hydrogen-bond acceptors (Lipinski definition) is 5. The fourth-order valence-corrected chi connectivity index (χ4v) is 3.36. The Morgan fingerprint density at radius 2 is 1.70 bits per heavy atom. The molecule has 1 N–H and O–H groups in total. The van der Waals surface area contributed by atoms with Crippen LogP contribution < -0.4 is 5.32 Å². The van der Waals surface area contributed by atoms with Crippen molar-refractivity contribution in [1.82, 2.24) is 10.2 Å². The predicted molar refractivity (Wildman–Crippen MR) is 122 cm³/mol. The maximum atomic E-state index is 12.1. The Balaban J connectivity index is 0.00000198. The summed E-state index contributed by atoms with van der Waals surface area (Å²) in [5.74, 6) is -0.0146. The van der Waals surface area contributed by atoms with Crippen LogP contribution in [0.4, 0.5) is 4.79 Å². The summed E-state index contributed by atoms with van der Waals surface area (Å²) >= 11 is 0. The second kappa shape index (κ2) is 17.8. The average molecular weight is 423 g/mol. The lowest BCUT2D eigenvalue weighted by atomic mass is 9.90. The van der Waals surface area contributed by atoms with Gasteiger partial charge in [-0.25, -0.2) is 9.59 Å². The summed E-state index contributed by atoms with van der Waals surface area (Å²) < 4.78 is 10.1. The lowest BCUT2D eigenvalue weighted by molar-refractivity contribution is -0.143. The summed E-state index contributed by atoms with van der Waals surface area (Å²) in [5, 5.41) is 2.67. The monoisotopic (exact) mass is 422 g/mol. The normalized spacial score (nSPS) is 14.9. The Bertz CT molecular complexity index is 558. The molecule has 1 aliphatic rings. The van der Waals surface area contributed by atoms with E-state index in [4.69, 9.17) is 9.47 Å². The zero-order valence-corrected chi connectivity index (χ0v) is 19.8. The number of piperidine rings is 1. The van der Waals surface area contributed by atoms with Crippen molar-refractivity contribution in [1.29, 1.82) is 0 Å². The van der Waals surface area contributed by atoms with Gasteiger partial charge < -0.3 is 19.7 Å². The highest BCUT2D eigenvalue weighted by Gasteiger charge is 2.28. The van der Waals surface area contributed by atoms with Gasteiger partial charge in [0.25, 0.3) is 0 Å². The van der Waals surface area contributed by atoms with E-state index in [9.17, 15) is 9.59 Å². The van der Waals surface area contributed by atoms with Gasteiger partial charge in [-0.1, -0.05) is 65.0 Å². The van der Waals surface area contributed by atoms with Crippen LogP contribution in [0.15, 0.2) is 30.3 Å². The van der Waals surface area contributed by atoms with Crippen molar-refractivity contribution in [3.8, 4) is 0 Å². The Hall–Kier alpha value is -2.08. The zero-order chi connectivity index (χ0) is 22.8. The van der Waals surface area contributed by atoms with E-state index in [0.29, 0.717) is 12.3 Å². The van der Waals surface area contributed by atoms with E-state index in [1.54, 1.807) is 0 Å². The molecule has 1 amide bonds. The van der Waals surface area contributed by atoms with Crippen molar-refractivity contribution in [2.24, 2.45) is 5.92 Å². The quantitative estimate of drug-likeness (QED) is 0.596. The molecular formula is C24H42N2O4. The van der Waals surface area contributed by atoms with Gasteiger partial charge in [-0.3, -0.25) is 0 Å². The molecule has 30 heavy (non-hydrogen) atoms. The van der Waals surface area contributed by atoms with E-state index in [0.717, 1.165) is 44.5 Å². The number of esters is 1. The molecule has 172 valence electrons. The molecule has 0 aliphatic carbocycles. The molecule has 1 unspecified atom stereocenters. The molecule has 1 fully saturated rings. The number of benzene rings is 1. The zero-order valence-electron chi connectivity index (χ0n) is 19.8. The number of carbonyl (C=O) groups is 2. The number of nitrogens with zero attached hydrogens (tertiary/aromatic N) is 1. The summed E-state index contributed by atoms with van der Waals surface area (Å²) in [5.41, 5.74) is 0.903. The second-order valence-corrected chi connectivity index (χ2v) is 6.80. The lowest BCUT2D eigenvalue weighted by Gasteiger charge is -2.33. The number of nitrogens with one attached hydrogen (secondary N) is 1. The Labute approximate surface area is 183 Å². The molecule has 1 aromatic carbocycles. The van der Waals surface area contributed by atoms with Gasteiger partial charge in [0.05, 0.1) is 7.11 Å². The number of alkyl carbamates (subject to hydrolysis) is 1. The first kappa shape index (κ1) is 27.9. The van der Waals surface area contributed by atoms with Crippen LogP contribution in [0.5, 0.6) is 0 Å². The maximum Gasteiger partial charge on any atom is 0.408 e. The highest BCUT2D eigenvalue weighted by Crippen LogP contribution is 2.22. The standard InChI is InChI=1S/C20H30N2O4.2C2H6/c1-3-11-22-12-9-16(10-13-22)14-18(19(23)25-2)21-20(24)26-15-17-7-5-4-6-8-17;2*1-2/h4-8,16,18H,3,9-15H2,1-2H3,(H,21,24);2*1-2H3. The van der Waals surface area contributed by atoms with Gasteiger partial charge in [-0.05, 0) is 56.8 Å². The van der Waals surface area contributed by atoms with Crippen molar-refractivity contribution in [2.45, 2.75) is 73.0 Å². The van der Waals surface area contributed by atoms with E-state index in [2.05, 4.69) is 17.1 Å². The van der Waals surface area contributed by atoms with Crippen molar-refractivity contribution in [3.05, 3.63) is 35.9 Å². The molecule has 6 nitrogen and oxygen atoms in total. The number of carbonyl (C=O) groups excluding carboxylic acids is 2. The summed E-state index contributed by atoms with van der Waals surface area (Å²) in [6.45, 7) is 13.6. The molecule has 1 atom stereocenters. The van der Waals surface area contributed by atoms with Gasteiger partial charge in [0.15, 0.2) is 0 Å². The number of amides is 1. The molecule has 6 heteroatoms. The molecule has 0 aromatic heterocycles. The molecule has 0 saturated carbocycles. The van der Waals surface area contributed by atoms with Crippen molar-refractivity contribution in [3.63, 3.8) is 0 Å². The van der Waals surface area contributed by atoms with Crippen LogP contribution in [0.3, 0.4) is 0 Å². The minimum absolute atomic E-state index is 0.177. The topological polar surface area (TPSA) is 67.9 Å². The number of likely N-dealkylation sites (tertiary alicyclic amines) is 1. The van der Waals surface area contributed by atoms with Gasteiger partial charge >= 0.3 is 12.1 Å². The van der Waals surface area contributed by atoms with Gasteiger partial charge in [0, 0.05) is 0 Å². The number of ether oxygens (including phenoxy) is 2. The molecule has 1 aliphatic heterocycles. The Kier molecular flexibility index (Phi) is 16.5. The minimum Gasteiger partial charge on any atom is -0.467 e. The van der Waals surface area contributed by atoms with E-state index < -0.39 is 18.1 Å². The van der Waals surface area contributed by atoms with Crippen LogP contribution in [0.25, 0.3) is 0 Å². The number of rotatable bonds is 8. The fourth-order valence-electron chi connectivity index (χ4n) is 3.36. The minimum atomic E-state index is -0.661. The van der Waals surface area contributed by atoms with Crippen LogP contribution >= 0.6 is 0 Å². The first-order valence-electron chi connectivity index (χ1n) is 11.4. The number of methoxy groups -OCH3 is 1. The summed E-state index contributed by atoms with van der Waals surface area (Å²) in [7, 11) is 1.34. The van der Waals surface area contributed by atoms with Gasteiger partial charge in [0.1, 0.15) is 12.6 Å². The third-order valence-electron chi connectivity index (χ3n) is 4.81. The predicted octanol–water partition coefficient (Wildman–Crippen LogP) is 5.02. The average Bonchev–Trinajstić information content (AvgIpc) is 2.81.